The van der Waals surface area contributed by atoms with E-state index >= 15 is 0 Å². The zero-order chi connectivity index (χ0) is 18.2. The molecule has 1 aromatic carbocycles. The number of rotatable bonds is 3. The molecule has 0 amide bonds. The molecule has 0 bridgehead atoms. The number of hydrogen-bond acceptors (Lipinski definition) is 6. The summed E-state index contributed by atoms with van der Waals surface area (Å²) in [4.78, 5) is 4.62. The van der Waals surface area contributed by atoms with Crippen LogP contribution in [0.2, 0.25) is 0 Å². The third-order valence-corrected chi connectivity index (χ3v) is 5.65. The van der Waals surface area contributed by atoms with Gasteiger partial charge in [0.25, 0.3) is 0 Å². The first-order valence-corrected chi connectivity index (χ1v) is 9.72. The Bertz CT molecular complexity index is 924. The van der Waals surface area contributed by atoms with Crippen LogP contribution >= 0.6 is 0 Å². The molecule has 1 saturated carbocycles. The summed E-state index contributed by atoms with van der Waals surface area (Å²) < 4.78 is 13.5. The highest BCUT2D eigenvalue weighted by molar-refractivity contribution is 5.51. The van der Waals surface area contributed by atoms with Crippen molar-refractivity contribution in [1.82, 2.24) is 25.1 Å². The lowest BCUT2D eigenvalue weighted by atomic mass is 9.89. The third kappa shape index (κ3) is 3.16. The summed E-state index contributed by atoms with van der Waals surface area (Å²) in [5.41, 5.74) is 3.98. The second kappa shape index (κ2) is 6.88. The molecule has 1 atom stereocenters. The maximum atomic E-state index is 6.09. The van der Waals surface area contributed by atoms with Crippen LogP contribution in [0.25, 0.3) is 11.5 Å². The predicted octanol–water partition coefficient (Wildman–Crippen LogP) is 3.96. The molecule has 0 N–H and O–H groups in total. The van der Waals surface area contributed by atoms with Gasteiger partial charge in [0.1, 0.15) is 6.10 Å². The van der Waals surface area contributed by atoms with Crippen LogP contribution in [0.1, 0.15) is 66.8 Å². The van der Waals surface area contributed by atoms with Crippen molar-refractivity contribution in [3.63, 3.8) is 0 Å². The predicted molar refractivity (Wildman–Crippen MR) is 97.8 cm³/mol. The van der Waals surface area contributed by atoms with Gasteiger partial charge in [-0.3, -0.25) is 0 Å². The number of hydrogen-bond donors (Lipinski definition) is 0. The monoisotopic (exact) mass is 365 g/mol. The Labute approximate surface area is 157 Å². The average molecular weight is 365 g/mol. The van der Waals surface area contributed by atoms with Gasteiger partial charge >= 0.3 is 0 Å². The number of aryl methyl sites for hydroxylation is 1. The molecule has 27 heavy (non-hydrogen) atoms. The Kier molecular flexibility index (Phi) is 4.24. The van der Waals surface area contributed by atoms with Crippen molar-refractivity contribution < 1.29 is 9.26 Å². The molecule has 3 heterocycles. The minimum atomic E-state index is -0.0179. The summed E-state index contributed by atoms with van der Waals surface area (Å²) in [6, 6.07) is 8.43. The Balaban J connectivity index is 1.37. The molecule has 0 radical (unpaired) electrons. The Hall–Kier alpha value is -2.54. The van der Waals surface area contributed by atoms with Crippen LogP contribution in [0.5, 0.6) is 0 Å². The molecular formula is C20H23N5O2. The van der Waals surface area contributed by atoms with Gasteiger partial charge in [-0.1, -0.05) is 59.5 Å². The van der Waals surface area contributed by atoms with E-state index in [0.717, 1.165) is 30.0 Å². The lowest BCUT2D eigenvalue weighted by Gasteiger charge is -2.24. The van der Waals surface area contributed by atoms with Gasteiger partial charge in [-0.15, -0.1) is 5.10 Å². The van der Waals surface area contributed by atoms with Gasteiger partial charge < -0.3 is 9.26 Å². The molecular weight excluding hydrogens is 342 g/mol. The largest absolute Gasteiger partial charge is 0.365 e. The number of ether oxygens (including phenoxy) is 1. The van der Waals surface area contributed by atoms with Gasteiger partial charge in [0.15, 0.2) is 5.69 Å². The molecule has 7 nitrogen and oxygen atoms in total. The standard InChI is InChI=1S/C20H23N5O2/c1-13-7-9-14(10-8-13)17-11-25-16(12-26-17)18(22-24-25)19-21-20(27-23-19)15-5-3-2-4-6-15/h7-10,15,17H,2-6,11-12H2,1H3/t17-/m1/s1. The van der Waals surface area contributed by atoms with Crippen LogP contribution in [0.15, 0.2) is 28.8 Å². The van der Waals surface area contributed by atoms with Gasteiger partial charge in [-0.05, 0) is 25.3 Å². The summed E-state index contributed by atoms with van der Waals surface area (Å²) in [5, 5.41) is 12.8. The van der Waals surface area contributed by atoms with Crippen LogP contribution in [-0.4, -0.2) is 25.1 Å². The fraction of sp³-hybridized carbons (Fsp3) is 0.500. The van der Waals surface area contributed by atoms with E-state index in [1.54, 1.807) is 0 Å². The first-order valence-electron chi connectivity index (χ1n) is 9.72. The van der Waals surface area contributed by atoms with Crippen molar-refractivity contribution in [2.45, 2.75) is 64.2 Å². The summed E-state index contributed by atoms with van der Waals surface area (Å²) >= 11 is 0. The van der Waals surface area contributed by atoms with E-state index in [9.17, 15) is 0 Å². The smallest absolute Gasteiger partial charge is 0.230 e. The van der Waals surface area contributed by atoms with E-state index in [-0.39, 0.29) is 6.10 Å². The van der Waals surface area contributed by atoms with Gasteiger partial charge in [-0.25, -0.2) is 4.68 Å². The molecule has 0 spiro atoms. The average Bonchev–Trinajstić information content (AvgIpc) is 3.36. The Morgan fingerprint density at radius 2 is 1.89 bits per heavy atom. The van der Waals surface area contributed by atoms with Crippen molar-refractivity contribution in [1.29, 1.82) is 0 Å². The van der Waals surface area contributed by atoms with Crippen LogP contribution in [0.4, 0.5) is 0 Å². The minimum Gasteiger partial charge on any atom is -0.365 e. The van der Waals surface area contributed by atoms with E-state index in [0.29, 0.717) is 30.6 Å². The van der Waals surface area contributed by atoms with Gasteiger partial charge in [0, 0.05) is 5.92 Å². The highest BCUT2D eigenvalue weighted by atomic mass is 16.5. The zero-order valence-electron chi connectivity index (χ0n) is 15.5. The summed E-state index contributed by atoms with van der Waals surface area (Å²) in [6.45, 7) is 3.16. The highest BCUT2D eigenvalue weighted by Gasteiger charge is 2.29. The summed E-state index contributed by atoms with van der Waals surface area (Å²) in [5.74, 6) is 1.64. The van der Waals surface area contributed by atoms with E-state index in [4.69, 9.17) is 9.26 Å². The van der Waals surface area contributed by atoms with Crippen molar-refractivity contribution in [2.24, 2.45) is 0 Å². The molecule has 5 rings (SSSR count). The van der Waals surface area contributed by atoms with Gasteiger partial charge in [-0.2, -0.15) is 4.98 Å². The van der Waals surface area contributed by atoms with Crippen molar-refractivity contribution in [3.05, 3.63) is 47.0 Å². The minimum absolute atomic E-state index is 0.0179. The molecule has 7 heteroatoms. The van der Waals surface area contributed by atoms with E-state index < -0.39 is 0 Å². The fourth-order valence-electron chi connectivity index (χ4n) is 4.01. The fourth-order valence-corrected chi connectivity index (χ4v) is 4.01. The van der Waals surface area contributed by atoms with Gasteiger partial charge in [0.05, 0.1) is 18.8 Å². The van der Waals surface area contributed by atoms with E-state index in [1.807, 2.05) is 4.68 Å². The molecule has 0 saturated heterocycles. The van der Waals surface area contributed by atoms with Gasteiger partial charge in [0.2, 0.25) is 11.7 Å². The number of fused-ring (bicyclic) bond motifs is 1. The maximum absolute atomic E-state index is 6.09. The summed E-state index contributed by atoms with van der Waals surface area (Å²) in [7, 11) is 0. The molecule has 2 aromatic heterocycles. The van der Waals surface area contributed by atoms with Crippen LogP contribution in [0.3, 0.4) is 0 Å². The molecule has 1 aliphatic heterocycles. The molecule has 1 fully saturated rings. The second-order valence-electron chi connectivity index (χ2n) is 7.57. The molecule has 0 unspecified atom stereocenters. The van der Waals surface area contributed by atoms with Crippen LogP contribution < -0.4 is 0 Å². The van der Waals surface area contributed by atoms with E-state index in [2.05, 4.69) is 51.6 Å². The molecule has 2 aliphatic rings. The lowest BCUT2D eigenvalue weighted by Crippen LogP contribution is -2.22. The normalized spacial score (nSPS) is 20.6. The number of aromatic nitrogens is 5. The highest BCUT2D eigenvalue weighted by Crippen LogP contribution is 2.34. The first-order chi connectivity index (χ1) is 13.3. The lowest BCUT2D eigenvalue weighted by molar-refractivity contribution is -0.00112. The Morgan fingerprint density at radius 3 is 2.70 bits per heavy atom. The molecule has 1 aliphatic carbocycles. The SMILES string of the molecule is Cc1ccc([C@H]2Cn3nnc(-c4noc(C5CCCCC5)n4)c3CO2)cc1. The zero-order valence-corrected chi connectivity index (χ0v) is 15.5. The van der Waals surface area contributed by atoms with Crippen LogP contribution in [0, 0.1) is 6.92 Å². The van der Waals surface area contributed by atoms with Crippen LogP contribution in [-0.2, 0) is 17.9 Å². The van der Waals surface area contributed by atoms with Crippen molar-refractivity contribution in [3.8, 4) is 11.5 Å². The molecule has 3 aromatic rings. The number of benzene rings is 1. The van der Waals surface area contributed by atoms with E-state index in [1.165, 1.54) is 24.8 Å². The Morgan fingerprint density at radius 1 is 1.07 bits per heavy atom. The number of nitrogens with zero attached hydrogens (tertiary/aromatic N) is 5. The first kappa shape index (κ1) is 16.6. The quantitative estimate of drug-likeness (QED) is 0.699. The maximum Gasteiger partial charge on any atom is 0.230 e. The summed E-state index contributed by atoms with van der Waals surface area (Å²) in [6.07, 6.45) is 6.01. The van der Waals surface area contributed by atoms with Crippen molar-refractivity contribution >= 4 is 0 Å². The third-order valence-electron chi connectivity index (χ3n) is 5.65. The molecule has 140 valence electrons. The topological polar surface area (TPSA) is 78.9 Å². The second-order valence-corrected chi connectivity index (χ2v) is 7.57. The van der Waals surface area contributed by atoms with Crippen molar-refractivity contribution in [2.75, 3.05) is 0 Å².